The minimum Gasteiger partial charge on any atom is -0.480 e. The van der Waals surface area contributed by atoms with E-state index in [9.17, 15) is 14.4 Å². The van der Waals surface area contributed by atoms with Crippen LogP contribution in [-0.2, 0) is 9.59 Å². The van der Waals surface area contributed by atoms with E-state index >= 15 is 0 Å². The Kier molecular flexibility index (Phi) is 5.99. The molecule has 0 aromatic carbocycles. The Balaban J connectivity index is 2.42. The molecule has 7 nitrogen and oxygen atoms in total. The van der Waals surface area contributed by atoms with Gasteiger partial charge in [-0.3, -0.25) is 4.79 Å². The van der Waals surface area contributed by atoms with Crippen LogP contribution in [0, 0.1) is 5.41 Å². The van der Waals surface area contributed by atoms with Crippen molar-refractivity contribution < 1.29 is 19.5 Å². The molecule has 0 spiro atoms. The van der Waals surface area contributed by atoms with Crippen LogP contribution >= 0.6 is 0 Å². The Morgan fingerprint density at radius 2 is 1.71 bits per heavy atom. The van der Waals surface area contributed by atoms with Crippen molar-refractivity contribution in [2.75, 3.05) is 19.6 Å². The van der Waals surface area contributed by atoms with Gasteiger partial charge in [0.2, 0.25) is 5.91 Å². The maximum atomic E-state index is 11.9. The van der Waals surface area contributed by atoms with E-state index in [1.54, 1.807) is 25.7 Å². The molecule has 1 unspecified atom stereocenters. The minimum atomic E-state index is -1.10. The van der Waals surface area contributed by atoms with E-state index < -0.39 is 23.5 Å². The average Bonchev–Trinajstić information content (AvgIpc) is 2.41. The molecule has 0 radical (unpaired) electrons. The fraction of sp³-hybridized carbons (Fsp3) is 0.786. The highest BCUT2D eigenvalue weighted by Crippen LogP contribution is 2.19. The van der Waals surface area contributed by atoms with Gasteiger partial charge in [0, 0.05) is 13.1 Å². The van der Waals surface area contributed by atoms with Crippen molar-refractivity contribution in [3.63, 3.8) is 0 Å². The Labute approximate surface area is 125 Å². The maximum absolute atomic E-state index is 11.9. The summed E-state index contributed by atoms with van der Waals surface area (Å²) in [7, 11) is 0. The van der Waals surface area contributed by atoms with Crippen LogP contribution in [0.15, 0.2) is 0 Å². The number of rotatable bonds is 4. The fourth-order valence-electron chi connectivity index (χ4n) is 2.24. The van der Waals surface area contributed by atoms with Crippen LogP contribution in [0.4, 0.5) is 4.79 Å². The molecule has 1 heterocycles. The number of piperidine rings is 1. The van der Waals surface area contributed by atoms with Crippen LogP contribution in [0.1, 0.15) is 40.0 Å². The molecule has 1 atom stereocenters. The van der Waals surface area contributed by atoms with E-state index in [1.165, 1.54) is 0 Å². The number of urea groups is 1. The molecule has 1 aliphatic heterocycles. The van der Waals surface area contributed by atoms with E-state index in [0.29, 0.717) is 0 Å². The van der Waals surface area contributed by atoms with Crippen molar-refractivity contribution >= 4 is 17.9 Å². The smallest absolute Gasteiger partial charge is 0.326 e. The summed E-state index contributed by atoms with van der Waals surface area (Å²) >= 11 is 0. The number of likely N-dealkylation sites (tertiary alicyclic amines) is 1. The third kappa shape index (κ3) is 5.61. The highest BCUT2D eigenvalue weighted by molar-refractivity contribution is 5.86. The first-order valence-electron chi connectivity index (χ1n) is 7.27. The van der Waals surface area contributed by atoms with Gasteiger partial charge < -0.3 is 20.6 Å². The number of amides is 3. The van der Waals surface area contributed by atoms with Gasteiger partial charge in [-0.25, -0.2) is 9.59 Å². The quantitative estimate of drug-likeness (QED) is 0.715. The Morgan fingerprint density at radius 1 is 1.14 bits per heavy atom. The van der Waals surface area contributed by atoms with Crippen molar-refractivity contribution in [3.8, 4) is 0 Å². The highest BCUT2D eigenvalue weighted by atomic mass is 16.4. The molecule has 3 amide bonds. The average molecular weight is 299 g/mol. The molecule has 1 saturated heterocycles. The summed E-state index contributed by atoms with van der Waals surface area (Å²) < 4.78 is 0. The Hall–Kier alpha value is -1.79. The van der Waals surface area contributed by atoms with Crippen LogP contribution in [0.25, 0.3) is 0 Å². The predicted molar refractivity (Wildman–Crippen MR) is 77.8 cm³/mol. The van der Waals surface area contributed by atoms with Gasteiger partial charge in [0.15, 0.2) is 0 Å². The van der Waals surface area contributed by atoms with E-state index in [-0.39, 0.29) is 12.5 Å². The lowest BCUT2D eigenvalue weighted by molar-refractivity contribution is -0.141. The van der Waals surface area contributed by atoms with Crippen LogP contribution in [0.5, 0.6) is 0 Å². The summed E-state index contributed by atoms with van der Waals surface area (Å²) in [6.07, 6.45) is 3.11. The van der Waals surface area contributed by atoms with Gasteiger partial charge in [0.25, 0.3) is 0 Å². The van der Waals surface area contributed by atoms with Crippen LogP contribution < -0.4 is 10.6 Å². The van der Waals surface area contributed by atoms with Crippen molar-refractivity contribution in [1.29, 1.82) is 0 Å². The molecule has 0 aromatic heterocycles. The van der Waals surface area contributed by atoms with E-state index in [4.69, 9.17) is 5.11 Å². The molecule has 0 bridgehead atoms. The molecule has 1 fully saturated rings. The molecular weight excluding hydrogens is 274 g/mol. The molecule has 0 aromatic rings. The lowest BCUT2D eigenvalue weighted by Crippen LogP contribution is -2.53. The minimum absolute atomic E-state index is 0.109. The largest absolute Gasteiger partial charge is 0.480 e. The standard InChI is InChI=1S/C14H25N3O4/c1-14(2,3)11(12(19)20)16-13(21)15-9-10(18)17-7-5-4-6-8-17/h11H,4-9H2,1-3H3,(H,19,20)(H2,15,16,21). The normalized spacial score (nSPS) is 17.0. The molecule has 1 rings (SSSR count). The van der Waals surface area contributed by atoms with Gasteiger partial charge in [0.1, 0.15) is 6.04 Å². The number of carboxylic acid groups (broad SMARTS) is 1. The van der Waals surface area contributed by atoms with Gasteiger partial charge in [-0.1, -0.05) is 20.8 Å². The van der Waals surface area contributed by atoms with Gasteiger partial charge >= 0.3 is 12.0 Å². The molecule has 3 N–H and O–H groups in total. The van der Waals surface area contributed by atoms with Crippen LogP contribution in [0.3, 0.4) is 0 Å². The lowest BCUT2D eigenvalue weighted by atomic mass is 9.87. The second kappa shape index (κ2) is 7.28. The number of carboxylic acids is 1. The fourth-order valence-corrected chi connectivity index (χ4v) is 2.24. The highest BCUT2D eigenvalue weighted by Gasteiger charge is 2.32. The number of nitrogens with one attached hydrogen (secondary N) is 2. The third-order valence-electron chi connectivity index (χ3n) is 3.50. The second-order valence-electron chi connectivity index (χ2n) is 6.41. The maximum Gasteiger partial charge on any atom is 0.326 e. The molecule has 7 heteroatoms. The summed E-state index contributed by atoms with van der Waals surface area (Å²) in [4.78, 5) is 36.5. The number of hydrogen-bond donors (Lipinski definition) is 3. The molecule has 1 aliphatic rings. The second-order valence-corrected chi connectivity index (χ2v) is 6.41. The van der Waals surface area contributed by atoms with E-state index in [2.05, 4.69) is 10.6 Å². The zero-order valence-corrected chi connectivity index (χ0v) is 12.9. The summed E-state index contributed by atoms with van der Waals surface area (Å²) in [6.45, 7) is 6.52. The number of carbonyl (C=O) groups is 3. The summed E-state index contributed by atoms with van der Waals surface area (Å²) in [5.41, 5.74) is -0.611. The SMILES string of the molecule is CC(C)(C)C(NC(=O)NCC(=O)N1CCCCC1)C(=O)O. The molecule has 21 heavy (non-hydrogen) atoms. The van der Waals surface area contributed by atoms with Crippen LogP contribution in [-0.4, -0.2) is 53.6 Å². The topological polar surface area (TPSA) is 98.7 Å². The molecule has 120 valence electrons. The molecule has 0 saturated carbocycles. The van der Waals surface area contributed by atoms with Gasteiger partial charge in [-0.05, 0) is 24.7 Å². The van der Waals surface area contributed by atoms with E-state index in [1.807, 2.05) is 0 Å². The zero-order chi connectivity index (χ0) is 16.0. The van der Waals surface area contributed by atoms with E-state index in [0.717, 1.165) is 32.4 Å². The number of nitrogens with zero attached hydrogens (tertiary/aromatic N) is 1. The lowest BCUT2D eigenvalue weighted by Gasteiger charge is -2.28. The first-order chi connectivity index (χ1) is 9.71. The van der Waals surface area contributed by atoms with Crippen molar-refractivity contribution in [1.82, 2.24) is 15.5 Å². The Morgan fingerprint density at radius 3 is 2.19 bits per heavy atom. The molecule has 0 aliphatic carbocycles. The van der Waals surface area contributed by atoms with Crippen LogP contribution in [0.2, 0.25) is 0 Å². The number of carbonyl (C=O) groups excluding carboxylic acids is 2. The first-order valence-corrected chi connectivity index (χ1v) is 7.27. The van der Waals surface area contributed by atoms with Crippen molar-refractivity contribution in [2.45, 2.75) is 46.1 Å². The van der Waals surface area contributed by atoms with Gasteiger partial charge in [-0.2, -0.15) is 0 Å². The predicted octanol–water partition coefficient (Wildman–Crippen LogP) is 0.797. The van der Waals surface area contributed by atoms with Gasteiger partial charge in [0.05, 0.1) is 6.54 Å². The Bertz CT molecular complexity index is 398. The van der Waals surface area contributed by atoms with Crippen molar-refractivity contribution in [2.24, 2.45) is 5.41 Å². The monoisotopic (exact) mass is 299 g/mol. The number of hydrogen-bond acceptors (Lipinski definition) is 3. The number of aliphatic carboxylic acids is 1. The van der Waals surface area contributed by atoms with Gasteiger partial charge in [-0.15, -0.1) is 0 Å². The summed E-state index contributed by atoms with van der Waals surface area (Å²) in [6, 6.07) is -1.65. The van der Waals surface area contributed by atoms with Crippen molar-refractivity contribution in [3.05, 3.63) is 0 Å². The summed E-state index contributed by atoms with van der Waals surface area (Å²) in [5, 5.41) is 13.9. The zero-order valence-electron chi connectivity index (χ0n) is 12.9. The summed E-state index contributed by atoms with van der Waals surface area (Å²) in [5.74, 6) is -1.23. The first kappa shape index (κ1) is 17.3. The molecular formula is C14H25N3O4. The third-order valence-corrected chi connectivity index (χ3v) is 3.50.